The molecule has 0 saturated heterocycles. The second kappa shape index (κ2) is 10.7. The van der Waals surface area contributed by atoms with Crippen LogP contribution in [0.5, 0.6) is 0 Å². The third kappa shape index (κ3) is 10.7. The van der Waals surface area contributed by atoms with Crippen LogP contribution in [0.15, 0.2) is 0 Å². The van der Waals surface area contributed by atoms with Crippen molar-refractivity contribution in [2.24, 2.45) is 0 Å². The summed E-state index contributed by atoms with van der Waals surface area (Å²) in [4.78, 5) is 0. The van der Waals surface area contributed by atoms with E-state index in [-0.39, 0.29) is 0 Å². The molecule has 0 fully saturated rings. The van der Waals surface area contributed by atoms with Gasteiger partial charge < -0.3 is 0 Å². The summed E-state index contributed by atoms with van der Waals surface area (Å²) < 4.78 is 0. The lowest BCUT2D eigenvalue weighted by molar-refractivity contribution is 0.656. The van der Waals surface area contributed by atoms with Crippen molar-refractivity contribution < 1.29 is 0 Å². The third-order valence-electron chi connectivity index (χ3n) is 2.21. The maximum absolute atomic E-state index is 2.51. The Balaban J connectivity index is 2.69. The number of rotatable bonds is 8. The van der Waals surface area contributed by atoms with Crippen LogP contribution in [0.1, 0.15) is 39.0 Å². The molecule has 0 aromatic rings. The first-order chi connectivity index (χ1) is 5.41. The maximum atomic E-state index is 2.51. The molecule has 0 aliphatic heterocycles. The second-order valence-corrected chi connectivity index (χ2v) is 20.2. The van der Waals surface area contributed by atoms with Crippen LogP contribution in [0.3, 0.4) is 0 Å². The van der Waals surface area contributed by atoms with Crippen LogP contribution >= 0.6 is 0 Å². The Kier molecular flexibility index (Phi) is 11.3. The minimum absolute atomic E-state index is 0.571. The molecule has 0 aromatic heterocycles. The smallest absolute Gasteiger partial charge is 0.00492 e. The van der Waals surface area contributed by atoms with Gasteiger partial charge >= 0.3 is 0 Å². The van der Waals surface area contributed by atoms with Gasteiger partial charge in [-0.05, 0) is 8.55 Å². The van der Waals surface area contributed by atoms with E-state index in [1.807, 2.05) is 0 Å². The van der Waals surface area contributed by atoms with Gasteiger partial charge in [0, 0.05) is 18.1 Å². The second-order valence-electron chi connectivity index (χ2n) is 3.47. The highest BCUT2D eigenvalue weighted by Crippen LogP contribution is 2.04. The van der Waals surface area contributed by atoms with Crippen molar-refractivity contribution in [1.82, 2.24) is 0 Å². The molecule has 0 spiro atoms. The average molecular weight is 205 g/mol. The fourth-order valence-corrected chi connectivity index (χ4v) is 14.2. The Morgan fingerprint density at radius 2 is 1.73 bits per heavy atom. The zero-order valence-electron chi connectivity index (χ0n) is 8.36. The molecular formula is C8H24Si3. The zero-order valence-corrected chi connectivity index (χ0v) is 12.6. The van der Waals surface area contributed by atoms with Crippen molar-refractivity contribution in [2.75, 3.05) is 0 Å². The zero-order chi connectivity index (χ0) is 8.36. The normalized spacial score (nSPS) is 13.6. The number of hydrogen-bond donors (Lipinski definition) is 0. The predicted molar refractivity (Wildman–Crippen MR) is 65.1 cm³/mol. The van der Waals surface area contributed by atoms with Crippen molar-refractivity contribution >= 4 is 26.6 Å². The van der Waals surface area contributed by atoms with Gasteiger partial charge in [-0.15, -0.1) is 0 Å². The van der Waals surface area contributed by atoms with Crippen molar-refractivity contribution in [3.05, 3.63) is 0 Å². The van der Waals surface area contributed by atoms with Gasteiger partial charge in [0.15, 0.2) is 0 Å². The van der Waals surface area contributed by atoms with Gasteiger partial charge in [0.1, 0.15) is 0 Å². The number of unbranched alkanes of at least 4 members (excludes halogenated alkanes) is 4. The molecule has 68 valence electrons. The predicted octanol–water partition coefficient (Wildman–Crippen LogP) is 0.760. The van der Waals surface area contributed by atoms with Crippen LogP contribution in [0, 0.1) is 0 Å². The van der Waals surface area contributed by atoms with Crippen molar-refractivity contribution in [1.29, 1.82) is 0 Å². The fraction of sp³-hybridized carbons (Fsp3) is 1.00. The largest absolute Gasteiger partial charge is 0.0773 e. The summed E-state index contributed by atoms with van der Waals surface area (Å²) in [6.45, 7) is 4.81. The quantitative estimate of drug-likeness (QED) is 0.405. The molecule has 0 rings (SSSR count). The first kappa shape index (κ1) is 11.7. The lowest BCUT2D eigenvalue weighted by Crippen LogP contribution is -2.08. The van der Waals surface area contributed by atoms with Crippen LogP contribution < -0.4 is 0 Å². The van der Waals surface area contributed by atoms with Gasteiger partial charge in [0.05, 0.1) is 0 Å². The third-order valence-corrected chi connectivity index (χ3v) is 20.4. The van der Waals surface area contributed by atoms with Gasteiger partial charge in [-0.25, -0.2) is 0 Å². The van der Waals surface area contributed by atoms with E-state index in [2.05, 4.69) is 13.5 Å². The molecule has 0 aromatic carbocycles. The van der Waals surface area contributed by atoms with E-state index >= 15 is 0 Å². The molecule has 0 radical (unpaired) electrons. The Hall–Kier alpha value is 0.651. The fourth-order valence-electron chi connectivity index (χ4n) is 1.38. The van der Waals surface area contributed by atoms with Crippen LogP contribution in [0.2, 0.25) is 12.6 Å². The SMILES string of the molecule is CCCCCCC[SiH2][SiH2][SiH2]C. The molecule has 0 aliphatic rings. The summed E-state index contributed by atoms with van der Waals surface area (Å²) in [5, 5.41) is 0. The highest BCUT2D eigenvalue weighted by molar-refractivity contribution is 7.29. The van der Waals surface area contributed by atoms with Gasteiger partial charge in [0.25, 0.3) is 0 Å². The van der Waals surface area contributed by atoms with E-state index < -0.39 is 0 Å². The van der Waals surface area contributed by atoms with E-state index in [1.165, 1.54) is 19.3 Å². The summed E-state index contributed by atoms with van der Waals surface area (Å²) >= 11 is 0. The minimum atomic E-state index is 0.571. The molecular weight excluding hydrogens is 180 g/mol. The molecule has 0 unspecified atom stereocenters. The molecule has 0 bridgehead atoms. The monoisotopic (exact) mass is 204 g/mol. The summed E-state index contributed by atoms with van der Waals surface area (Å²) in [6, 6.07) is 1.71. The first-order valence-corrected chi connectivity index (χ1v) is 15.8. The highest BCUT2D eigenvalue weighted by atomic mass is 29.5. The van der Waals surface area contributed by atoms with Crippen LogP contribution in [-0.4, -0.2) is 26.6 Å². The Labute approximate surface area is 78.6 Å². The Morgan fingerprint density at radius 1 is 1.00 bits per heavy atom. The summed E-state index contributed by atoms with van der Waals surface area (Å²) in [7, 11) is 1.81. The van der Waals surface area contributed by atoms with E-state index in [4.69, 9.17) is 0 Å². The van der Waals surface area contributed by atoms with Gasteiger partial charge in [-0.3, -0.25) is 0 Å². The molecule has 0 nitrogen and oxygen atoms in total. The van der Waals surface area contributed by atoms with E-state index in [1.54, 1.807) is 18.9 Å². The van der Waals surface area contributed by atoms with Gasteiger partial charge in [0.2, 0.25) is 0 Å². The van der Waals surface area contributed by atoms with Crippen LogP contribution in [-0.2, 0) is 0 Å². The minimum Gasteiger partial charge on any atom is -0.0773 e. The molecule has 0 saturated carbocycles. The highest BCUT2D eigenvalue weighted by Gasteiger charge is 1.90. The lowest BCUT2D eigenvalue weighted by Gasteiger charge is -1.97. The summed E-state index contributed by atoms with van der Waals surface area (Å²) in [5.74, 6) is 0. The standard InChI is InChI=1S/C8H24Si3/c1-3-4-5-6-7-8-10-11-9-2/h3-11H2,1-2H3. The van der Waals surface area contributed by atoms with Crippen molar-refractivity contribution in [2.45, 2.75) is 51.6 Å². The Morgan fingerprint density at radius 3 is 2.36 bits per heavy atom. The van der Waals surface area contributed by atoms with E-state index in [0.29, 0.717) is 26.6 Å². The topological polar surface area (TPSA) is 0 Å². The molecule has 0 heterocycles. The maximum Gasteiger partial charge on any atom is 0.00492 e. The number of hydrogen-bond acceptors (Lipinski definition) is 0. The van der Waals surface area contributed by atoms with E-state index in [9.17, 15) is 0 Å². The van der Waals surface area contributed by atoms with Crippen LogP contribution in [0.4, 0.5) is 0 Å². The Bertz CT molecular complexity index is 58.4. The van der Waals surface area contributed by atoms with Gasteiger partial charge in [-0.1, -0.05) is 51.6 Å². The van der Waals surface area contributed by atoms with E-state index in [0.717, 1.165) is 0 Å². The molecule has 0 amide bonds. The summed E-state index contributed by atoms with van der Waals surface area (Å²) in [5.41, 5.74) is 0. The first-order valence-electron chi connectivity index (χ1n) is 5.41. The van der Waals surface area contributed by atoms with Crippen LogP contribution in [0.25, 0.3) is 0 Å². The molecule has 0 atom stereocenters. The summed E-state index contributed by atoms with van der Waals surface area (Å²) in [6.07, 6.45) is 7.51. The van der Waals surface area contributed by atoms with Gasteiger partial charge in [-0.2, -0.15) is 0 Å². The molecule has 0 aliphatic carbocycles. The molecule has 0 N–H and O–H groups in total. The van der Waals surface area contributed by atoms with Crippen molar-refractivity contribution in [3.63, 3.8) is 0 Å². The average Bonchev–Trinajstić information content (AvgIpc) is 2.03. The molecule has 11 heavy (non-hydrogen) atoms. The van der Waals surface area contributed by atoms with Crippen molar-refractivity contribution in [3.8, 4) is 0 Å². The molecule has 3 heteroatoms. The lowest BCUT2D eigenvalue weighted by atomic mass is 10.2.